The highest BCUT2D eigenvalue weighted by Gasteiger charge is 2.31. The minimum absolute atomic E-state index is 0.0109. The fourth-order valence-electron chi connectivity index (χ4n) is 4.18. The molecule has 1 aromatic heterocycles. The summed E-state index contributed by atoms with van der Waals surface area (Å²) in [5.41, 5.74) is 8.05. The lowest BCUT2D eigenvalue weighted by Crippen LogP contribution is -2.42. The zero-order chi connectivity index (χ0) is 21.1. The Morgan fingerprint density at radius 1 is 1.07 bits per heavy atom. The zero-order valence-corrected chi connectivity index (χ0v) is 17.8. The second-order valence-electron chi connectivity index (χ2n) is 8.14. The molecule has 1 aromatic carbocycles. The largest absolute Gasteiger partial charge is 0.365 e. The van der Waals surface area contributed by atoms with Crippen molar-refractivity contribution in [3.05, 3.63) is 51.9 Å². The number of carbonyl (C=O) groups excluding carboxylic acids is 3. The number of hydrogen-bond donors (Lipinski definition) is 2. The number of primary amides is 1. The van der Waals surface area contributed by atoms with Crippen molar-refractivity contribution in [2.75, 3.05) is 11.9 Å². The number of benzene rings is 1. The molecule has 1 saturated carbocycles. The van der Waals surface area contributed by atoms with Crippen LogP contribution in [-0.2, 0) is 29.0 Å². The van der Waals surface area contributed by atoms with Crippen LogP contribution < -0.4 is 11.1 Å². The summed E-state index contributed by atoms with van der Waals surface area (Å²) in [4.78, 5) is 40.6. The number of thiophene rings is 1. The molecule has 0 atom stereocenters. The Labute approximate surface area is 180 Å². The Bertz CT molecular complexity index is 950. The highest BCUT2D eigenvalue weighted by Crippen LogP contribution is 2.38. The normalized spacial score (nSPS) is 15.7. The lowest BCUT2D eigenvalue weighted by molar-refractivity contribution is -0.141. The predicted molar refractivity (Wildman–Crippen MR) is 117 cm³/mol. The molecule has 3 amide bonds. The van der Waals surface area contributed by atoms with Crippen molar-refractivity contribution in [2.24, 2.45) is 11.7 Å². The van der Waals surface area contributed by atoms with Gasteiger partial charge in [-0.2, -0.15) is 0 Å². The molecule has 6 nitrogen and oxygen atoms in total. The average molecular weight is 426 g/mol. The van der Waals surface area contributed by atoms with Crippen LogP contribution >= 0.6 is 11.3 Å². The van der Waals surface area contributed by atoms with Gasteiger partial charge in [0, 0.05) is 17.3 Å². The lowest BCUT2D eigenvalue weighted by Gasteiger charge is -2.31. The van der Waals surface area contributed by atoms with E-state index in [9.17, 15) is 14.4 Å². The summed E-state index contributed by atoms with van der Waals surface area (Å²) in [5, 5.41) is 3.40. The first-order valence-corrected chi connectivity index (χ1v) is 11.4. The summed E-state index contributed by atoms with van der Waals surface area (Å²) in [5.74, 6) is -0.756. The molecule has 158 valence electrons. The van der Waals surface area contributed by atoms with Crippen molar-refractivity contribution < 1.29 is 14.4 Å². The van der Waals surface area contributed by atoms with Gasteiger partial charge in [0.1, 0.15) is 11.5 Å². The fraction of sp³-hybridized carbons (Fsp3) is 0.435. The van der Waals surface area contributed by atoms with E-state index in [-0.39, 0.29) is 24.3 Å². The number of amides is 3. The van der Waals surface area contributed by atoms with Crippen LogP contribution in [0.2, 0.25) is 0 Å². The van der Waals surface area contributed by atoms with Gasteiger partial charge in [0.2, 0.25) is 11.8 Å². The average Bonchev–Trinajstić information content (AvgIpc) is 3.04. The van der Waals surface area contributed by atoms with E-state index in [1.54, 1.807) is 4.90 Å². The van der Waals surface area contributed by atoms with Crippen LogP contribution in [0.4, 0.5) is 5.00 Å². The molecule has 0 spiro atoms. The van der Waals surface area contributed by atoms with Gasteiger partial charge in [0.15, 0.2) is 0 Å². The van der Waals surface area contributed by atoms with Gasteiger partial charge in [-0.1, -0.05) is 36.8 Å². The molecule has 0 aliphatic heterocycles. The maximum Gasteiger partial charge on any atom is 0.251 e. The lowest BCUT2D eigenvalue weighted by atomic mass is 9.84. The number of carbonyl (C=O) groups is 3. The number of nitrogens with two attached hydrogens (primary N) is 1. The molecule has 3 N–H and O–H groups in total. The molecule has 2 aromatic rings. The van der Waals surface area contributed by atoms with Crippen molar-refractivity contribution >= 4 is 34.1 Å². The fourth-order valence-corrected chi connectivity index (χ4v) is 5.49. The smallest absolute Gasteiger partial charge is 0.251 e. The standard InChI is InChI=1S/C23H27N3O3S/c24-21(28)20-17-11-4-5-12-18(17)30-22(20)25-19(27)14-26(23(29)16-9-6-10-16)13-15-7-2-1-3-8-15/h1-3,7-8,16H,4-6,9-14H2,(H2,24,28)(H,25,27). The van der Waals surface area contributed by atoms with Crippen LogP contribution in [0.5, 0.6) is 0 Å². The van der Waals surface area contributed by atoms with Gasteiger partial charge in [-0.3, -0.25) is 14.4 Å². The van der Waals surface area contributed by atoms with E-state index in [0.29, 0.717) is 17.1 Å². The number of nitrogens with one attached hydrogen (secondary N) is 1. The number of nitrogens with zero attached hydrogens (tertiary/aromatic N) is 1. The Morgan fingerprint density at radius 3 is 2.47 bits per heavy atom. The SMILES string of the molecule is NC(=O)c1c(NC(=O)CN(Cc2ccccc2)C(=O)C2CCC2)sc2c1CCCC2. The van der Waals surface area contributed by atoms with Gasteiger partial charge in [-0.05, 0) is 49.7 Å². The molecule has 0 unspecified atom stereocenters. The van der Waals surface area contributed by atoms with Gasteiger partial charge < -0.3 is 16.0 Å². The van der Waals surface area contributed by atoms with Crippen molar-refractivity contribution in [1.29, 1.82) is 0 Å². The van der Waals surface area contributed by atoms with E-state index in [1.165, 1.54) is 11.3 Å². The van der Waals surface area contributed by atoms with Crippen molar-refractivity contribution in [3.8, 4) is 0 Å². The molecule has 0 saturated heterocycles. The first kappa shape index (κ1) is 20.6. The van der Waals surface area contributed by atoms with E-state index >= 15 is 0 Å². The maximum absolute atomic E-state index is 12.9. The molecule has 0 bridgehead atoms. The first-order valence-electron chi connectivity index (χ1n) is 10.6. The summed E-state index contributed by atoms with van der Waals surface area (Å²) in [7, 11) is 0. The quantitative estimate of drug-likeness (QED) is 0.711. The number of fused-ring (bicyclic) bond motifs is 1. The monoisotopic (exact) mass is 425 g/mol. The maximum atomic E-state index is 12.9. The molecule has 7 heteroatoms. The van der Waals surface area contributed by atoms with Crippen LogP contribution in [-0.4, -0.2) is 29.2 Å². The molecule has 1 heterocycles. The predicted octanol–water partition coefficient (Wildman–Crippen LogP) is 3.49. The number of rotatable bonds is 7. The molecule has 2 aliphatic carbocycles. The van der Waals surface area contributed by atoms with Gasteiger partial charge in [-0.15, -0.1) is 11.3 Å². The summed E-state index contributed by atoms with van der Waals surface area (Å²) in [6.07, 6.45) is 6.67. The topological polar surface area (TPSA) is 92.5 Å². The molecular weight excluding hydrogens is 398 g/mol. The summed E-state index contributed by atoms with van der Waals surface area (Å²) < 4.78 is 0. The zero-order valence-electron chi connectivity index (χ0n) is 17.0. The third kappa shape index (κ3) is 4.41. The van der Waals surface area contributed by atoms with Crippen LogP contribution in [0.25, 0.3) is 0 Å². The van der Waals surface area contributed by atoms with E-state index in [2.05, 4.69) is 5.32 Å². The molecule has 0 radical (unpaired) electrons. The number of anilines is 1. The summed E-state index contributed by atoms with van der Waals surface area (Å²) in [6, 6.07) is 9.70. The van der Waals surface area contributed by atoms with Crippen LogP contribution in [0, 0.1) is 5.92 Å². The highest BCUT2D eigenvalue weighted by molar-refractivity contribution is 7.17. The van der Waals surface area contributed by atoms with Crippen molar-refractivity contribution in [1.82, 2.24) is 4.90 Å². The van der Waals surface area contributed by atoms with E-state index in [1.807, 2.05) is 30.3 Å². The van der Waals surface area contributed by atoms with Crippen LogP contribution in [0.1, 0.15) is 58.5 Å². The number of aryl methyl sites for hydroxylation is 1. The van der Waals surface area contributed by atoms with E-state index in [0.717, 1.165) is 60.9 Å². The van der Waals surface area contributed by atoms with Crippen LogP contribution in [0.15, 0.2) is 30.3 Å². The second kappa shape index (κ2) is 9.00. The van der Waals surface area contributed by atoms with Crippen molar-refractivity contribution in [3.63, 3.8) is 0 Å². The molecule has 2 aliphatic rings. The summed E-state index contributed by atoms with van der Waals surface area (Å²) in [6.45, 7) is 0.359. The van der Waals surface area contributed by atoms with Gasteiger partial charge in [0.25, 0.3) is 5.91 Å². The summed E-state index contributed by atoms with van der Waals surface area (Å²) >= 11 is 1.44. The van der Waals surface area contributed by atoms with Gasteiger partial charge in [0.05, 0.1) is 5.56 Å². The number of hydrogen-bond acceptors (Lipinski definition) is 4. The molecular formula is C23H27N3O3S. The third-order valence-electron chi connectivity index (χ3n) is 5.99. The van der Waals surface area contributed by atoms with Gasteiger partial charge in [-0.25, -0.2) is 0 Å². The van der Waals surface area contributed by atoms with Crippen molar-refractivity contribution in [2.45, 2.75) is 51.5 Å². The molecule has 4 rings (SSSR count). The second-order valence-corrected chi connectivity index (χ2v) is 9.24. The Kier molecular flexibility index (Phi) is 6.18. The molecule has 1 fully saturated rings. The Morgan fingerprint density at radius 2 is 1.80 bits per heavy atom. The van der Waals surface area contributed by atoms with E-state index < -0.39 is 5.91 Å². The van der Waals surface area contributed by atoms with Crippen LogP contribution in [0.3, 0.4) is 0 Å². The minimum atomic E-state index is -0.503. The Hall–Kier alpha value is -2.67. The molecule has 30 heavy (non-hydrogen) atoms. The first-order chi connectivity index (χ1) is 14.5. The Balaban J connectivity index is 1.50. The minimum Gasteiger partial charge on any atom is -0.365 e. The third-order valence-corrected chi connectivity index (χ3v) is 7.19. The van der Waals surface area contributed by atoms with E-state index in [4.69, 9.17) is 5.73 Å². The highest BCUT2D eigenvalue weighted by atomic mass is 32.1. The van der Waals surface area contributed by atoms with Gasteiger partial charge >= 0.3 is 0 Å².